The normalized spacial score (nSPS) is 12.2. The van der Waals surface area contributed by atoms with Crippen molar-refractivity contribution in [1.29, 1.82) is 0 Å². The summed E-state index contributed by atoms with van der Waals surface area (Å²) in [6, 6.07) is 7.96. The quantitative estimate of drug-likeness (QED) is 0.829. The number of amides is 1. The number of likely N-dealkylation sites (N-methyl/N-ethyl adjacent to an activating group) is 2. The van der Waals surface area contributed by atoms with Gasteiger partial charge in [0.15, 0.2) is 0 Å². The fourth-order valence-electron chi connectivity index (χ4n) is 2.09. The molecule has 116 valence electrons. The highest BCUT2D eigenvalue weighted by molar-refractivity contribution is 5.78. The highest BCUT2D eigenvalue weighted by Gasteiger charge is 2.17. The van der Waals surface area contributed by atoms with Crippen molar-refractivity contribution in [3.05, 3.63) is 35.4 Å². The summed E-state index contributed by atoms with van der Waals surface area (Å²) >= 11 is 0. The molecule has 0 bridgehead atoms. The molecule has 0 spiro atoms. The highest BCUT2D eigenvalue weighted by Crippen LogP contribution is 2.09. The SMILES string of the molecule is Cc1ccccc1CN(C)C(=O)CN(C)CC(C)C(=O)O. The van der Waals surface area contributed by atoms with Gasteiger partial charge in [0, 0.05) is 20.1 Å². The molecule has 0 saturated carbocycles. The van der Waals surface area contributed by atoms with Crippen molar-refractivity contribution in [2.24, 2.45) is 5.92 Å². The molecule has 21 heavy (non-hydrogen) atoms. The molecule has 5 heteroatoms. The van der Waals surface area contributed by atoms with Crippen LogP contribution < -0.4 is 0 Å². The Kier molecular flexibility index (Phi) is 6.37. The fraction of sp³-hybridized carbons (Fsp3) is 0.500. The first-order chi connectivity index (χ1) is 9.81. The maximum Gasteiger partial charge on any atom is 0.307 e. The van der Waals surface area contributed by atoms with Gasteiger partial charge in [0.1, 0.15) is 0 Å². The number of carboxylic acids is 1. The van der Waals surface area contributed by atoms with E-state index in [0.717, 1.165) is 11.1 Å². The summed E-state index contributed by atoms with van der Waals surface area (Å²) in [5.74, 6) is -1.34. The van der Waals surface area contributed by atoms with E-state index in [0.29, 0.717) is 13.1 Å². The molecular weight excluding hydrogens is 268 g/mol. The van der Waals surface area contributed by atoms with Crippen LogP contribution in [0.15, 0.2) is 24.3 Å². The molecule has 1 aromatic rings. The zero-order valence-corrected chi connectivity index (χ0v) is 13.2. The minimum absolute atomic E-state index is 0.0154. The molecule has 1 aromatic carbocycles. The summed E-state index contributed by atoms with van der Waals surface area (Å²) < 4.78 is 0. The van der Waals surface area contributed by atoms with Gasteiger partial charge in [-0.1, -0.05) is 31.2 Å². The Hall–Kier alpha value is -1.88. The predicted molar refractivity (Wildman–Crippen MR) is 81.9 cm³/mol. The van der Waals surface area contributed by atoms with Gasteiger partial charge >= 0.3 is 5.97 Å². The molecule has 0 radical (unpaired) electrons. The van der Waals surface area contributed by atoms with Gasteiger partial charge in [0.05, 0.1) is 12.5 Å². The Balaban J connectivity index is 2.51. The summed E-state index contributed by atoms with van der Waals surface area (Å²) in [7, 11) is 3.53. The van der Waals surface area contributed by atoms with Crippen LogP contribution in [0.5, 0.6) is 0 Å². The minimum atomic E-state index is -0.845. The van der Waals surface area contributed by atoms with Crippen LogP contribution >= 0.6 is 0 Å². The van der Waals surface area contributed by atoms with E-state index in [1.807, 2.05) is 31.2 Å². The van der Waals surface area contributed by atoms with E-state index in [1.165, 1.54) is 0 Å². The van der Waals surface area contributed by atoms with Crippen LogP contribution in [-0.2, 0) is 16.1 Å². The number of nitrogens with zero attached hydrogens (tertiary/aromatic N) is 2. The van der Waals surface area contributed by atoms with Gasteiger partial charge in [-0.3, -0.25) is 14.5 Å². The van der Waals surface area contributed by atoms with Crippen molar-refractivity contribution in [1.82, 2.24) is 9.80 Å². The van der Waals surface area contributed by atoms with Crippen LogP contribution in [0.25, 0.3) is 0 Å². The molecule has 1 rings (SSSR count). The molecule has 0 heterocycles. The number of benzene rings is 1. The number of carbonyl (C=O) groups is 2. The maximum atomic E-state index is 12.2. The van der Waals surface area contributed by atoms with Crippen LogP contribution in [0.1, 0.15) is 18.1 Å². The van der Waals surface area contributed by atoms with Crippen molar-refractivity contribution >= 4 is 11.9 Å². The third-order valence-electron chi connectivity index (χ3n) is 3.51. The number of aryl methyl sites for hydroxylation is 1. The number of hydrogen-bond donors (Lipinski definition) is 1. The zero-order valence-electron chi connectivity index (χ0n) is 13.2. The van der Waals surface area contributed by atoms with Gasteiger partial charge in [-0.25, -0.2) is 0 Å². The lowest BCUT2D eigenvalue weighted by atomic mass is 10.1. The number of rotatable bonds is 7. The average molecular weight is 292 g/mol. The molecule has 1 amide bonds. The van der Waals surface area contributed by atoms with Crippen LogP contribution in [-0.4, -0.2) is 54.0 Å². The summed E-state index contributed by atoms with van der Waals surface area (Å²) in [6.45, 7) is 4.81. The molecule has 1 atom stereocenters. The van der Waals surface area contributed by atoms with Crippen LogP contribution in [0, 0.1) is 12.8 Å². The summed E-state index contributed by atoms with van der Waals surface area (Å²) in [6.07, 6.45) is 0. The Morgan fingerprint density at radius 1 is 1.24 bits per heavy atom. The number of aliphatic carboxylic acids is 1. The Morgan fingerprint density at radius 3 is 2.43 bits per heavy atom. The second-order valence-electron chi connectivity index (χ2n) is 5.61. The molecule has 1 N–H and O–H groups in total. The van der Waals surface area contributed by atoms with Crippen molar-refractivity contribution in [3.8, 4) is 0 Å². The van der Waals surface area contributed by atoms with E-state index in [9.17, 15) is 9.59 Å². The number of carboxylic acid groups (broad SMARTS) is 1. The number of hydrogen-bond acceptors (Lipinski definition) is 3. The van der Waals surface area contributed by atoms with E-state index in [4.69, 9.17) is 5.11 Å². The van der Waals surface area contributed by atoms with Gasteiger partial charge < -0.3 is 10.0 Å². The molecule has 0 aliphatic rings. The van der Waals surface area contributed by atoms with Gasteiger partial charge in [-0.05, 0) is 25.1 Å². The lowest BCUT2D eigenvalue weighted by Gasteiger charge is -2.23. The van der Waals surface area contributed by atoms with Crippen molar-refractivity contribution in [3.63, 3.8) is 0 Å². The molecule has 0 aliphatic heterocycles. The standard InChI is InChI=1S/C16H24N2O3/c1-12-7-5-6-8-14(12)10-18(4)15(19)11-17(3)9-13(2)16(20)21/h5-8,13H,9-11H2,1-4H3,(H,20,21). The first kappa shape index (κ1) is 17.2. The Labute approximate surface area is 126 Å². The topological polar surface area (TPSA) is 60.9 Å². The smallest absolute Gasteiger partial charge is 0.307 e. The largest absolute Gasteiger partial charge is 0.481 e. The maximum absolute atomic E-state index is 12.2. The first-order valence-corrected chi connectivity index (χ1v) is 7.01. The first-order valence-electron chi connectivity index (χ1n) is 7.01. The average Bonchev–Trinajstić information content (AvgIpc) is 2.40. The summed E-state index contributed by atoms with van der Waals surface area (Å²) in [5.41, 5.74) is 2.28. The zero-order chi connectivity index (χ0) is 16.0. The van der Waals surface area contributed by atoms with Crippen LogP contribution in [0.3, 0.4) is 0 Å². The third-order valence-corrected chi connectivity index (χ3v) is 3.51. The lowest BCUT2D eigenvalue weighted by molar-refractivity contribution is -0.142. The van der Waals surface area contributed by atoms with Gasteiger partial charge in [0.25, 0.3) is 0 Å². The molecular formula is C16H24N2O3. The second kappa shape index (κ2) is 7.78. The highest BCUT2D eigenvalue weighted by atomic mass is 16.4. The summed E-state index contributed by atoms with van der Waals surface area (Å²) in [4.78, 5) is 26.4. The predicted octanol–water partition coefficient (Wildman–Crippen LogP) is 1.61. The molecule has 0 saturated heterocycles. The van der Waals surface area contributed by atoms with Crippen molar-refractivity contribution < 1.29 is 14.7 Å². The molecule has 5 nitrogen and oxygen atoms in total. The number of carbonyl (C=O) groups excluding carboxylic acids is 1. The van der Waals surface area contributed by atoms with E-state index >= 15 is 0 Å². The van der Waals surface area contributed by atoms with Crippen molar-refractivity contribution in [2.75, 3.05) is 27.2 Å². The fourth-order valence-corrected chi connectivity index (χ4v) is 2.09. The van der Waals surface area contributed by atoms with Gasteiger partial charge in [-0.2, -0.15) is 0 Å². The van der Waals surface area contributed by atoms with Crippen molar-refractivity contribution in [2.45, 2.75) is 20.4 Å². The van der Waals surface area contributed by atoms with E-state index in [1.54, 1.807) is 30.8 Å². The van der Waals surface area contributed by atoms with E-state index in [-0.39, 0.29) is 12.5 Å². The van der Waals surface area contributed by atoms with E-state index < -0.39 is 11.9 Å². The van der Waals surface area contributed by atoms with Crippen LogP contribution in [0.2, 0.25) is 0 Å². The third kappa shape index (κ3) is 5.55. The van der Waals surface area contributed by atoms with Gasteiger partial charge in [0.2, 0.25) is 5.91 Å². The summed E-state index contributed by atoms with van der Waals surface area (Å²) in [5, 5.41) is 8.88. The van der Waals surface area contributed by atoms with Gasteiger partial charge in [-0.15, -0.1) is 0 Å². The minimum Gasteiger partial charge on any atom is -0.481 e. The second-order valence-corrected chi connectivity index (χ2v) is 5.61. The van der Waals surface area contributed by atoms with E-state index in [2.05, 4.69) is 0 Å². The molecule has 0 aromatic heterocycles. The van der Waals surface area contributed by atoms with Crippen LogP contribution in [0.4, 0.5) is 0 Å². The molecule has 0 fully saturated rings. The monoisotopic (exact) mass is 292 g/mol. The lowest BCUT2D eigenvalue weighted by Crippen LogP contribution is -2.39. The molecule has 0 aliphatic carbocycles. The Morgan fingerprint density at radius 2 is 1.86 bits per heavy atom. The molecule has 1 unspecified atom stereocenters. The Bertz CT molecular complexity index is 502.